The van der Waals surface area contributed by atoms with Gasteiger partial charge >= 0.3 is 0 Å². The Kier molecular flexibility index (Phi) is 5.98. The quantitative estimate of drug-likeness (QED) is 0.311. The second-order valence-electron chi connectivity index (χ2n) is 6.12. The minimum Gasteiger partial charge on any atom is -0.508 e. The standard InChI is InChI=1S/C19H12Cl4O5S/c20-12-7-11(8-13(21)9-12)19(29(26,27)28,10-1-3-14(24)4-2-10)15-5-6-16(25)18(23)17(15)22/h1-9,24-25H,(H,26,27,28). The number of hydrogen-bond acceptors (Lipinski definition) is 4. The number of phenolic OH excluding ortho intramolecular Hbond substituents is 2. The minimum absolute atomic E-state index is 0.0214. The lowest BCUT2D eigenvalue weighted by Crippen LogP contribution is -2.38. The molecule has 0 aliphatic rings. The van der Waals surface area contributed by atoms with Gasteiger partial charge < -0.3 is 10.2 Å². The third-order valence-corrected chi connectivity index (χ3v) is 7.14. The molecule has 0 spiro atoms. The Hall–Kier alpha value is -1.67. The van der Waals surface area contributed by atoms with E-state index in [1.165, 1.54) is 48.5 Å². The first kappa shape index (κ1) is 22.0. The molecule has 1 unspecified atom stereocenters. The maximum Gasteiger partial charge on any atom is 0.283 e. The lowest BCUT2D eigenvalue weighted by Gasteiger charge is -2.33. The van der Waals surface area contributed by atoms with E-state index in [1.54, 1.807) is 0 Å². The van der Waals surface area contributed by atoms with Gasteiger partial charge in [-0.3, -0.25) is 4.55 Å². The number of phenols is 2. The Balaban J connectivity index is 2.58. The molecule has 0 fully saturated rings. The van der Waals surface area contributed by atoms with Gasteiger partial charge in [-0.25, -0.2) is 0 Å². The monoisotopic (exact) mass is 492 g/mol. The van der Waals surface area contributed by atoms with Crippen molar-refractivity contribution in [3.05, 3.63) is 91.4 Å². The molecule has 1 atom stereocenters. The molecule has 3 aromatic carbocycles. The van der Waals surface area contributed by atoms with Crippen molar-refractivity contribution in [2.24, 2.45) is 0 Å². The summed E-state index contributed by atoms with van der Waals surface area (Å²) in [5, 5.41) is 19.1. The van der Waals surface area contributed by atoms with Crippen LogP contribution in [0.2, 0.25) is 20.1 Å². The molecule has 0 saturated heterocycles. The highest BCUT2D eigenvalue weighted by atomic mass is 35.5. The van der Waals surface area contributed by atoms with Crippen LogP contribution in [0.5, 0.6) is 11.5 Å². The number of benzene rings is 3. The van der Waals surface area contributed by atoms with E-state index < -0.39 is 14.9 Å². The number of halogens is 4. The van der Waals surface area contributed by atoms with E-state index in [-0.39, 0.29) is 48.3 Å². The van der Waals surface area contributed by atoms with E-state index in [1.807, 2.05) is 0 Å². The molecule has 0 bridgehead atoms. The van der Waals surface area contributed by atoms with Crippen LogP contribution in [0.3, 0.4) is 0 Å². The van der Waals surface area contributed by atoms with E-state index in [2.05, 4.69) is 0 Å². The summed E-state index contributed by atoms with van der Waals surface area (Å²) in [6, 6.07) is 11.5. The first-order valence-corrected chi connectivity index (χ1v) is 10.8. The molecule has 0 aliphatic carbocycles. The Morgan fingerprint density at radius 2 is 1.28 bits per heavy atom. The molecule has 0 radical (unpaired) electrons. The molecule has 152 valence electrons. The van der Waals surface area contributed by atoms with Crippen LogP contribution >= 0.6 is 46.4 Å². The normalized spacial score (nSPS) is 13.8. The fourth-order valence-electron chi connectivity index (χ4n) is 3.18. The van der Waals surface area contributed by atoms with Gasteiger partial charge in [0.15, 0.2) is 4.75 Å². The lowest BCUT2D eigenvalue weighted by molar-refractivity contribution is 0.456. The van der Waals surface area contributed by atoms with Crippen LogP contribution < -0.4 is 0 Å². The predicted octanol–water partition coefficient (Wildman–Crippen LogP) is 5.89. The highest BCUT2D eigenvalue weighted by Gasteiger charge is 2.50. The third-order valence-electron chi connectivity index (χ3n) is 4.37. The smallest absolute Gasteiger partial charge is 0.283 e. The van der Waals surface area contributed by atoms with Crippen LogP contribution in [0.15, 0.2) is 54.6 Å². The van der Waals surface area contributed by atoms with Gasteiger partial charge in [-0.2, -0.15) is 8.42 Å². The largest absolute Gasteiger partial charge is 0.508 e. The SMILES string of the molecule is O=S(=O)(O)C(c1ccc(O)cc1)(c1cc(Cl)cc(Cl)c1)c1ccc(O)c(Cl)c1Cl. The van der Waals surface area contributed by atoms with Crippen LogP contribution in [0.1, 0.15) is 16.7 Å². The first-order chi connectivity index (χ1) is 13.5. The van der Waals surface area contributed by atoms with Crippen LogP contribution in [0, 0.1) is 0 Å². The van der Waals surface area contributed by atoms with Gasteiger partial charge in [-0.15, -0.1) is 0 Å². The van der Waals surface area contributed by atoms with Gasteiger partial charge in [0, 0.05) is 15.6 Å². The van der Waals surface area contributed by atoms with Crippen molar-refractivity contribution in [1.82, 2.24) is 0 Å². The molecule has 5 nitrogen and oxygen atoms in total. The van der Waals surface area contributed by atoms with Crippen molar-refractivity contribution in [3.63, 3.8) is 0 Å². The second kappa shape index (κ2) is 7.87. The Bertz CT molecular complexity index is 1180. The van der Waals surface area contributed by atoms with Crippen molar-refractivity contribution in [1.29, 1.82) is 0 Å². The molecular formula is C19H12Cl4O5S. The number of hydrogen-bond donors (Lipinski definition) is 3. The van der Waals surface area contributed by atoms with E-state index in [9.17, 15) is 23.2 Å². The van der Waals surface area contributed by atoms with Gasteiger partial charge in [0.05, 0.1) is 5.02 Å². The number of aromatic hydroxyl groups is 2. The summed E-state index contributed by atoms with van der Waals surface area (Å²) in [7, 11) is -5.01. The third kappa shape index (κ3) is 3.77. The average molecular weight is 494 g/mol. The topological polar surface area (TPSA) is 94.8 Å². The summed E-state index contributed by atoms with van der Waals surface area (Å²) in [5.74, 6) is -0.503. The van der Waals surface area contributed by atoms with Crippen LogP contribution in [-0.4, -0.2) is 23.2 Å². The lowest BCUT2D eigenvalue weighted by atomic mass is 9.83. The van der Waals surface area contributed by atoms with Crippen molar-refractivity contribution in [2.45, 2.75) is 4.75 Å². The molecule has 10 heteroatoms. The van der Waals surface area contributed by atoms with Gasteiger partial charge in [0.1, 0.15) is 16.5 Å². The van der Waals surface area contributed by atoms with Crippen molar-refractivity contribution in [3.8, 4) is 11.5 Å². The Morgan fingerprint density at radius 1 is 0.724 bits per heavy atom. The molecule has 0 saturated carbocycles. The summed E-state index contributed by atoms with van der Waals surface area (Å²) < 4.78 is 34.1. The maximum absolute atomic E-state index is 13.0. The van der Waals surface area contributed by atoms with Crippen molar-refractivity contribution < 1.29 is 23.2 Å². The van der Waals surface area contributed by atoms with Crippen LogP contribution in [0.25, 0.3) is 0 Å². The first-order valence-electron chi connectivity index (χ1n) is 7.89. The summed E-state index contributed by atoms with van der Waals surface area (Å²) >= 11 is 24.6. The molecule has 3 rings (SSSR count). The molecule has 0 aromatic heterocycles. The molecule has 0 aliphatic heterocycles. The van der Waals surface area contributed by atoms with Gasteiger partial charge in [-0.1, -0.05) is 64.6 Å². The molecule has 3 aromatic rings. The van der Waals surface area contributed by atoms with Crippen molar-refractivity contribution in [2.75, 3.05) is 0 Å². The summed E-state index contributed by atoms with van der Waals surface area (Å²) in [6.45, 7) is 0. The number of rotatable bonds is 4. The highest BCUT2D eigenvalue weighted by Crippen LogP contribution is 2.50. The molecular weight excluding hydrogens is 482 g/mol. The van der Waals surface area contributed by atoms with E-state index >= 15 is 0 Å². The zero-order valence-corrected chi connectivity index (χ0v) is 18.1. The zero-order chi connectivity index (χ0) is 21.6. The highest BCUT2D eigenvalue weighted by molar-refractivity contribution is 7.87. The molecule has 29 heavy (non-hydrogen) atoms. The maximum atomic E-state index is 13.0. The van der Waals surface area contributed by atoms with Crippen molar-refractivity contribution >= 4 is 56.5 Å². The Labute approximate surface area is 186 Å². The minimum atomic E-state index is -5.01. The fourth-order valence-corrected chi connectivity index (χ4v) is 5.52. The average Bonchev–Trinajstić information content (AvgIpc) is 2.61. The van der Waals surface area contributed by atoms with Crippen LogP contribution in [-0.2, 0) is 14.9 Å². The predicted molar refractivity (Wildman–Crippen MR) is 114 cm³/mol. The summed E-state index contributed by atoms with van der Waals surface area (Å²) in [4.78, 5) is 0. The fraction of sp³-hybridized carbons (Fsp3) is 0.0526. The summed E-state index contributed by atoms with van der Waals surface area (Å²) in [6.07, 6.45) is 0. The van der Waals surface area contributed by atoms with E-state index in [0.717, 1.165) is 6.07 Å². The molecule has 0 amide bonds. The summed E-state index contributed by atoms with van der Waals surface area (Å²) in [5.41, 5.74) is -0.139. The Morgan fingerprint density at radius 3 is 1.79 bits per heavy atom. The van der Waals surface area contributed by atoms with Crippen LogP contribution in [0.4, 0.5) is 0 Å². The van der Waals surface area contributed by atoms with Gasteiger partial charge in [0.2, 0.25) is 0 Å². The van der Waals surface area contributed by atoms with E-state index in [4.69, 9.17) is 46.4 Å². The van der Waals surface area contributed by atoms with Gasteiger partial charge in [-0.05, 0) is 47.5 Å². The van der Waals surface area contributed by atoms with E-state index in [0.29, 0.717) is 0 Å². The molecule has 0 heterocycles. The molecule has 3 N–H and O–H groups in total. The van der Waals surface area contributed by atoms with Gasteiger partial charge in [0.25, 0.3) is 10.1 Å². The second-order valence-corrected chi connectivity index (χ2v) is 9.31. The zero-order valence-electron chi connectivity index (χ0n) is 14.3.